The molecule has 1 aromatic heterocycles. The van der Waals surface area contributed by atoms with Crippen molar-refractivity contribution >= 4 is 17.3 Å². The molecule has 0 spiro atoms. The Labute approximate surface area is 119 Å². The Morgan fingerprint density at radius 2 is 2.05 bits per heavy atom. The van der Waals surface area contributed by atoms with Crippen LogP contribution in [0.2, 0.25) is 0 Å². The highest BCUT2D eigenvalue weighted by Gasteiger charge is 2.08. The molecule has 2 aromatic rings. The molecule has 0 unspecified atom stereocenters. The summed E-state index contributed by atoms with van der Waals surface area (Å²) in [6.07, 6.45) is 0.748. The van der Waals surface area contributed by atoms with Gasteiger partial charge in [-0.2, -0.15) is 0 Å². The predicted octanol–water partition coefficient (Wildman–Crippen LogP) is 3.07. The van der Waals surface area contributed by atoms with E-state index < -0.39 is 0 Å². The predicted molar refractivity (Wildman–Crippen MR) is 81.5 cm³/mol. The van der Waals surface area contributed by atoms with Gasteiger partial charge in [0.15, 0.2) is 0 Å². The zero-order valence-corrected chi connectivity index (χ0v) is 12.1. The first-order chi connectivity index (χ1) is 9.63. The van der Waals surface area contributed by atoms with Gasteiger partial charge >= 0.3 is 0 Å². The topological polar surface area (TPSA) is 73.1 Å². The van der Waals surface area contributed by atoms with E-state index in [1.54, 1.807) is 0 Å². The fraction of sp³-hybridized carbons (Fsp3) is 0.333. The first-order valence-corrected chi connectivity index (χ1v) is 6.77. The van der Waals surface area contributed by atoms with Crippen molar-refractivity contribution in [3.05, 3.63) is 35.7 Å². The quantitative estimate of drug-likeness (QED) is 0.875. The lowest BCUT2D eigenvalue weighted by atomic mass is 10.2. The van der Waals surface area contributed by atoms with Crippen LogP contribution in [0.4, 0.5) is 17.3 Å². The highest BCUT2D eigenvalue weighted by molar-refractivity contribution is 5.64. The molecule has 0 fully saturated rings. The molecular formula is C15H20N4O. The molecule has 0 bridgehead atoms. The highest BCUT2D eigenvalue weighted by atomic mass is 16.5. The minimum Gasteiger partial charge on any atom is -0.494 e. The number of rotatable bonds is 5. The largest absolute Gasteiger partial charge is 0.494 e. The number of nitrogens with zero attached hydrogens (tertiary/aromatic N) is 2. The van der Waals surface area contributed by atoms with E-state index in [1.165, 1.54) is 0 Å². The second kappa shape index (κ2) is 6.23. The Kier molecular flexibility index (Phi) is 4.40. The van der Waals surface area contributed by atoms with E-state index in [2.05, 4.69) is 15.3 Å². The summed E-state index contributed by atoms with van der Waals surface area (Å²) in [5.74, 6) is 2.81. The van der Waals surface area contributed by atoms with Crippen LogP contribution in [0.3, 0.4) is 0 Å². The lowest BCUT2D eigenvalue weighted by Gasteiger charge is -2.12. The Balaban J connectivity index is 2.29. The maximum Gasteiger partial charge on any atom is 0.139 e. The number of nitrogens with one attached hydrogen (secondary N) is 1. The molecule has 5 heteroatoms. The van der Waals surface area contributed by atoms with Crippen molar-refractivity contribution in [1.29, 1.82) is 0 Å². The Hall–Kier alpha value is -2.30. The number of hydrogen-bond acceptors (Lipinski definition) is 5. The Bertz CT molecular complexity index is 598. The van der Waals surface area contributed by atoms with Gasteiger partial charge < -0.3 is 15.8 Å². The molecule has 2 rings (SSSR count). The second-order valence-electron chi connectivity index (χ2n) is 4.44. The standard InChI is InChI=1S/C15H20N4O/c1-4-13-18-14(16)10(3)15(19-13)17-11-7-6-8-12(9-11)20-5-2/h6-9H,4-5H2,1-3H3,(H3,16,17,18,19). The number of nitrogen functional groups attached to an aromatic ring is 1. The van der Waals surface area contributed by atoms with Gasteiger partial charge in [-0.15, -0.1) is 0 Å². The monoisotopic (exact) mass is 272 g/mol. The van der Waals surface area contributed by atoms with Gasteiger partial charge in [-0.25, -0.2) is 9.97 Å². The van der Waals surface area contributed by atoms with Crippen LogP contribution < -0.4 is 15.8 Å². The van der Waals surface area contributed by atoms with Crippen LogP contribution in [0.5, 0.6) is 5.75 Å². The summed E-state index contributed by atoms with van der Waals surface area (Å²) in [4.78, 5) is 8.72. The molecule has 0 atom stereocenters. The lowest BCUT2D eigenvalue weighted by Crippen LogP contribution is -2.06. The number of benzene rings is 1. The van der Waals surface area contributed by atoms with Crippen molar-refractivity contribution in [3.63, 3.8) is 0 Å². The second-order valence-corrected chi connectivity index (χ2v) is 4.44. The first-order valence-electron chi connectivity index (χ1n) is 6.77. The average Bonchev–Trinajstić information content (AvgIpc) is 2.44. The molecular weight excluding hydrogens is 252 g/mol. The summed E-state index contributed by atoms with van der Waals surface area (Å²) >= 11 is 0. The third-order valence-corrected chi connectivity index (χ3v) is 2.95. The van der Waals surface area contributed by atoms with E-state index in [9.17, 15) is 0 Å². The van der Waals surface area contributed by atoms with E-state index in [4.69, 9.17) is 10.5 Å². The van der Waals surface area contributed by atoms with Gasteiger partial charge in [0.05, 0.1) is 6.61 Å². The molecule has 3 N–H and O–H groups in total. The molecule has 1 heterocycles. The Morgan fingerprint density at radius 3 is 2.75 bits per heavy atom. The van der Waals surface area contributed by atoms with Crippen LogP contribution in [-0.2, 0) is 6.42 Å². The lowest BCUT2D eigenvalue weighted by molar-refractivity contribution is 0.340. The van der Waals surface area contributed by atoms with Crippen LogP contribution in [-0.4, -0.2) is 16.6 Å². The molecule has 0 radical (unpaired) electrons. The van der Waals surface area contributed by atoms with Crippen molar-refractivity contribution in [2.75, 3.05) is 17.7 Å². The molecule has 0 aliphatic rings. The van der Waals surface area contributed by atoms with E-state index in [-0.39, 0.29) is 0 Å². The number of ether oxygens (including phenoxy) is 1. The first kappa shape index (κ1) is 14.1. The summed E-state index contributed by atoms with van der Waals surface area (Å²) in [6, 6.07) is 7.76. The molecule has 0 amide bonds. The van der Waals surface area contributed by atoms with Crippen LogP contribution in [0.1, 0.15) is 25.2 Å². The van der Waals surface area contributed by atoms with Gasteiger partial charge in [0, 0.05) is 23.7 Å². The smallest absolute Gasteiger partial charge is 0.139 e. The van der Waals surface area contributed by atoms with Crippen LogP contribution in [0.15, 0.2) is 24.3 Å². The van der Waals surface area contributed by atoms with E-state index >= 15 is 0 Å². The van der Waals surface area contributed by atoms with Gasteiger partial charge in [-0.1, -0.05) is 13.0 Å². The van der Waals surface area contributed by atoms with Gasteiger partial charge in [0.2, 0.25) is 0 Å². The normalized spacial score (nSPS) is 10.3. The third kappa shape index (κ3) is 3.17. The molecule has 0 saturated carbocycles. The molecule has 5 nitrogen and oxygen atoms in total. The van der Waals surface area contributed by atoms with Crippen molar-refractivity contribution in [1.82, 2.24) is 9.97 Å². The number of aromatic nitrogens is 2. The average molecular weight is 272 g/mol. The number of hydrogen-bond donors (Lipinski definition) is 2. The molecule has 106 valence electrons. The Morgan fingerprint density at radius 1 is 1.25 bits per heavy atom. The molecule has 20 heavy (non-hydrogen) atoms. The summed E-state index contributed by atoms with van der Waals surface area (Å²) in [7, 11) is 0. The summed E-state index contributed by atoms with van der Waals surface area (Å²) in [5.41, 5.74) is 7.68. The molecule has 0 aliphatic heterocycles. The maximum atomic E-state index is 5.91. The third-order valence-electron chi connectivity index (χ3n) is 2.95. The van der Waals surface area contributed by atoms with Crippen molar-refractivity contribution in [3.8, 4) is 5.75 Å². The van der Waals surface area contributed by atoms with Crippen molar-refractivity contribution < 1.29 is 4.74 Å². The molecule has 0 aliphatic carbocycles. The summed E-state index contributed by atoms with van der Waals surface area (Å²) in [6.45, 7) is 6.51. The van der Waals surface area contributed by atoms with E-state index in [1.807, 2.05) is 45.0 Å². The molecule has 1 aromatic carbocycles. The number of nitrogens with two attached hydrogens (primary N) is 1. The van der Waals surface area contributed by atoms with Gasteiger partial charge in [0.1, 0.15) is 23.2 Å². The zero-order valence-electron chi connectivity index (χ0n) is 12.1. The van der Waals surface area contributed by atoms with Crippen molar-refractivity contribution in [2.24, 2.45) is 0 Å². The maximum absolute atomic E-state index is 5.91. The fourth-order valence-corrected chi connectivity index (χ4v) is 1.83. The number of aryl methyl sites for hydroxylation is 1. The van der Waals surface area contributed by atoms with Crippen molar-refractivity contribution in [2.45, 2.75) is 27.2 Å². The zero-order chi connectivity index (χ0) is 14.5. The number of anilines is 3. The SMILES string of the molecule is CCOc1cccc(Nc2nc(CC)nc(N)c2C)c1. The highest BCUT2D eigenvalue weighted by Crippen LogP contribution is 2.24. The summed E-state index contributed by atoms with van der Waals surface area (Å²) in [5, 5.41) is 3.28. The van der Waals surface area contributed by atoms with Gasteiger partial charge in [-0.05, 0) is 26.0 Å². The van der Waals surface area contributed by atoms with Gasteiger partial charge in [0.25, 0.3) is 0 Å². The fourth-order valence-electron chi connectivity index (χ4n) is 1.83. The van der Waals surface area contributed by atoms with Crippen LogP contribution in [0, 0.1) is 6.92 Å². The minimum absolute atomic E-state index is 0.514. The molecule has 0 saturated heterocycles. The van der Waals surface area contributed by atoms with Crippen LogP contribution in [0.25, 0.3) is 0 Å². The van der Waals surface area contributed by atoms with Gasteiger partial charge in [-0.3, -0.25) is 0 Å². The summed E-state index contributed by atoms with van der Waals surface area (Å²) < 4.78 is 5.49. The van der Waals surface area contributed by atoms with Crippen LogP contribution >= 0.6 is 0 Å². The minimum atomic E-state index is 0.514. The van der Waals surface area contributed by atoms with E-state index in [0.717, 1.165) is 35.1 Å². The van der Waals surface area contributed by atoms with E-state index in [0.29, 0.717) is 12.4 Å².